The van der Waals surface area contributed by atoms with Crippen LogP contribution >= 0.6 is 11.6 Å². The van der Waals surface area contributed by atoms with Crippen molar-refractivity contribution in [1.82, 2.24) is 4.31 Å². The summed E-state index contributed by atoms with van der Waals surface area (Å²) < 4.78 is 26.7. The van der Waals surface area contributed by atoms with Gasteiger partial charge in [0.15, 0.2) is 0 Å². The molecule has 0 unspecified atom stereocenters. The van der Waals surface area contributed by atoms with Crippen LogP contribution in [0.2, 0.25) is 5.02 Å². The molecule has 7 heteroatoms. The summed E-state index contributed by atoms with van der Waals surface area (Å²) in [7, 11) is -3.59. The van der Waals surface area contributed by atoms with Gasteiger partial charge < -0.3 is 5.32 Å². The number of carbonyl (C=O) groups excluding carboxylic acids is 1. The Morgan fingerprint density at radius 3 is 2.40 bits per heavy atom. The predicted molar refractivity (Wildman–Crippen MR) is 101 cm³/mol. The van der Waals surface area contributed by atoms with Crippen LogP contribution in [0.15, 0.2) is 47.4 Å². The Morgan fingerprint density at radius 2 is 1.80 bits per heavy atom. The second-order valence-electron chi connectivity index (χ2n) is 5.53. The zero-order valence-electron chi connectivity index (χ0n) is 14.4. The molecule has 0 saturated carbocycles. The molecule has 0 bridgehead atoms. The van der Waals surface area contributed by atoms with E-state index in [-0.39, 0.29) is 10.8 Å². The number of benzene rings is 2. The van der Waals surface area contributed by atoms with Crippen LogP contribution in [0, 0.1) is 6.92 Å². The van der Waals surface area contributed by atoms with Crippen LogP contribution in [0.5, 0.6) is 0 Å². The van der Waals surface area contributed by atoms with Gasteiger partial charge in [-0.25, -0.2) is 8.42 Å². The molecular formula is C18H21ClN2O3S. The third kappa shape index (κ3) is 4.39. The Morgan fingerprint density at radius 1 is 1.12 bits per heavy atom. The van der Waals surface area contributed by atoms with Gasteiger partial charge in [-0.05, 0) is 42.8 Å². The number of nitrogens with one attached hydrogen (secondary N) is 1. The van der Waals surface area contributed by atoms with Gasteiger partial charge in [-0.3, -0.25) is 4.79 Å². The molecule has 0 aromatic heterocycles. The molecule has 0 heterocycles. The molecule has 134 valence electrons. The van der Waals surface area contributed by atoms with E-state index in [1.165, 1.54) is 10.4 Å². The quantitative estimate of drug-likeness (QED) is 0.825. The van der Waals surface area contributed by atoms with E-state index < -0.39 is 10.0 Å². The summed E-state index contributed by atoms with van der Waals surface area (Å²) in [5.41, 5.74) is 1.64. The topological polar surface area (TPSA) is 66.5 Å². The lowest BCUT2D eigenvalue weighted by Gasteiger charge is -2.19. The summed E-state index contributed by atoms with van der Waals surface area (Å²) in [6, 6.07) is 11.3. The maximum absolute atomic E-state index is 12.7. The second-order valence-corrected chi connectivity index (χ2v) is 7.90. The Balaban J connectivity index is 2.35. The van der Waals surface area contributed by atoms with E-state index in [9.17, 15) is 13.2 Å². The number of amides is 1. The maximum atomic E-state index is 12.7. The van der Waals surface area contributed by atoms with Crippen LogP contribution in [0.4, 0.5) is 5.69 Å². The fraction of sp³-hybridized carbons (Fsp3) is 0.278. The van der Waals surface area contributed by atoms with E-state index in [1.54, 1.807) is 57.2 Å². The molecule has 0 aliphatic carbocycles. The monoisotopic (exact) mass is 380 g/mol. The summed E-state index contributed by atoms with van der Waals surface area (Å²) in [6.45, 7) is 6.16. The average Bonchev–Trinajstić information content (AvgIpc) is 2.57. The highest BCUT2D eigenvalue weighted by Gasteiger charge is 2.22. The molecular weight excluding hydrogens is 360 g/mol. The molecule has 2 aromatic carbocycles. The van der Waals surface area contributed by atoms with Gasteiger partial charge in [0.25, 0.3) is 5.91 Å². The molecule has 2 rings (SSSR count). The number of anilines is 1. The molecule has 1 N–H and O–H groups in total. The van der Waals surface area contributed by atoms with Crippen molar-refractivity contribution in [3.8, 4) is 0 Å². The first-order valence-electron chi connectivity index (χ1n) is 7.97. The molecule has 0 radical (unpaired) electrons. The zero-order chi connectivity index (χ0) is 18.6. The minimum Gasteiger partial charge on any atom is -0.322 e. The minimum absolute atomic E-state index is 0.156. The van der Waals surface area contributed by atoms with Crippen molar-refractivity contribution in [1.29, 1.82) is 0 Å². The lowest BCUT2D eigenvalue weighted by atomic mass is 10.1. The molecule has 0 aliphatic rings. The van der Waals surface area contributed by atoms with Gasteiger partial charge in [0.05, 0.1) is 4.90 Å². The van der Waals surface area contributed by atoms with E-state index in [1.807, 2.05) is 0 Å². The van der Waals surface area contributed by atoms with Crippen LogP contribution in [-0.4, -0.2) is 31.7 Å². The van der Waals surface area contributed by atoms with E-state index in [2.05, 4.69) is 5.32 Å². The van der Waals surface area contributed by atoms with Crippen molar-refractivity contribution < 1.29 is 13.2 Å². The smallest absolute Gasteiger partial charge is 0.255 e. The molecule has 0 atom stereocenters. The molecule has 2 aromatic rings. The van der Waals surface area contributed by atoms with Gasteiger partial charge in [0, 0.05) is 29.4 Å². The summed E-state index contributed by atoms with van der Waals surface area (Å²) in [6.07, 6.45) is 0. The van der Waals surface area contributed by atoms with Crippen LogP contribution in [-0.2, 0) is 10.0 Å². The Bertz CT molecular complexity index is 878. The van der Waals surface area contributed by atoms with E-state index in [0.29, 0.717) is 29.4 Å². The number of halogens is 1. The van der Waals surface area contributed by atoms with Crippen molar-refractivity contribution >= 4 is 33.2 Å². The minimum atomic E-state index is -3.59. The summed E-state index contributed by atoms with van der Waals surface area (Å²) in [5.74, 6) is -0.344. The van der Waals surface area contributed by atoms with Crippen LogP contribution in [0.25, 0.3) is 0 Å². The highest BCUT2D eigenvalue weighted by molar-refractivity contribution is 7.89. The highest BCUT2D eigenvalue weighted by atomic mass is 35.5. The number of hydrogen-bond donors (Lipinski definition) is 1. The van der Waals surface area contributed by atoms with Gasteiger partial charge in [-0.1, -0.05) is 37.6 Å². The van der Waals surface area contributed by atoms with Gasteiger partial charge in [0.1, 0.15) is 0 Å². The van der Waals surface area contributed by atoms with Crippen LogP contribution in [0.1, 0.15) is 29.8 Å². The molecule has 0 spiro atoms. The lowest BCUT2D eigenvalue weighted by Crippen LogP contribution is -2.30. The van der Waals surface area contributed by atoms with E-state index in [0.717, 1.165) is 5.56 Å². The van der Waals surface area contributed by atoms with Crippen molar-refractivity contribution in [2.45, 2.75) is 25.7 Å². The molecule has 5 nitrogen and oxygen atoms in total. The molecule has 0 aliphatic heterocycles. The van der Waals surface area contributed by atoms with Crippen molar-refractivity contribution in [2.75, 3.05) is 18.4 Å². The number of sulfonamides is 1. The predicted octanol–water partition coefficient (Wildman–Crippen LogP) is 3.93. The SMILES string of the molecule is CCN(CC)S(=O)(=O)c1ccc(C)c(NC(=O)c2cccc(Cl)c2)c1. The van der Waals surface area contributed by atoms with E-state index >= 15 is 0 Å². The number of hydrogen-bond acceptors (Lipinski definition) is 3. The number of carbonyl (C=O) groups is 1. The van der Waals surface area contributed by atoms with Gasteiger partial charge in [0.2, 0.25) is 10.0 Å². The standard InChI is InChI=1S/C18H21ClN2O3S/c1-4-21(5-2)25(23,24)16-10-9-13(3)17(12-16)20-18(22)14-7-6-8-15(19)11-14/h6-12H,4-5H2,1-3H3,(H,20,22). The highest BCUT2D eigenvalue weighted by Crippen LogP contribution is 2.24. The van der Waals surface area contributed by atoms with Crippen molar-refractivity contribution in [2.24, 2.45) is 0 Å². The number of nitrogens with zero attached hydrogens (tertiary/aromatic N) is 1. The normalized spacial score (nSPS) is 11.6. The molecule has 1 amide bonds. The zero-order valence-corrected chi connectivity index (χ0v) is 16.0. The Hall–Kier alpha value is -1.89. The third-order valence-electron chi connectivity index (χ3n) is 3.89. The fourth-order valence-electron chi connectivity index (χ4n) is 2.43. The van der Waals surface area contributed by atoms with Gasteiger partial charge in [-0.2, -0.15) is 4.31 Å². The van der Waals surface area contributed by atoms with Crippen molar-refractivity contribution in [3.63, 3.8) is 0 Å². The average molecular weight is 381 g/mol. The molecule has 0 fully saturated rings. The maximum Gasteiger partial charge on any atom is 0.255 e. The second kappa shape index (κ2) is 7.99. The summed E-state index contributed by atoms with van der Waals surface area (Å²) in [5, 5.41) is 3.22. The summed E-state index contributed by atoms with van der Waals surface area (Å²) in [4.78, 5) is 12.6. The Labute approximate surface area is 153 Å². The fourth-order valence-corrected chi connectivity index (χ4v) is 4.11. The largest absolute Gasteiger partial charge is 0.322 e. The van der Waals surface area contributed by atoms with Gasteiger partial charge >= 0.3 is 0 Å². The third-order valence-corrected chi connectivity index (χ3v) is 6.17. The summed E-state index contributed by atoms with van der Waals surface area (Å²) >= 11 is 5.91. The van der Waals surface area contributed by atoms with Crippen molar-refractivity contribution in [3.05, 3.63) is 58.6 Å². The lowest BCUT2D eigenvalue weighted by molar-refractivity contribution is 0.102. The molecule has 0 saturated heterocycles. The number of aryl methyl sites for hydroxylation is 1. The number of rotatable bonds is 6. The van der Waals surface area contributed by atoms with E-state index in [4.69, 9.17) is 11.6 Å². The van der Waals surface area contributed by atoms with Crippen LogP contribution in [0.3, 0.4) is 0 Å². The van der Waals surface area contributed by atoms with Crippen LogP contribution < -0.4 is 5.32 Å². The molecule has 25 heavy (non-hydrogen) atoms. The van der Waals surface area contributed by atoms with Gasteiger partial charge in [-0.15, -0.1) is 0 Å². The Kier molecular flexibility index (Phi) is 6.21. The first-order valence-corrected chi connectivity index (χ1v) is 9.79. The first-order chi connectivity index (χ1) is 11.8. The first kappa shape index (κ1) is 19.4.